The number of rotatable bonds is 7. The molecule has 1 atom stereocenters. The predicted octanol–water partition coefficient (Wildman–Crippen LogP) is 2.15. The summed E-state index contributed by atoms with van der Waals surface area (Å²) in [7, 11) is 0. The molecule has 1 heterocycles. The zero-order chi connectivity index (χ0) is 16.2. The smallest absolute Gasteiger partial charge is 0.662 e. The molecule has 1 unspecified atom stereocenters. The molecule has 2 rings (SSSR count). The molecular formula is C19H36KNO2. The van der Waals surface area contributed by atoms with E-state index in [1.54, 1.807) is 0 Å². The van der Waals surface area contributed by atoms with Gasteiger partial charge < -0.3 is 14.8 Å². The summed E-state index contributed by atoms with van der Waals surface area (Å²) >= 11 is 0. The van der Waals surface area contributed by atoms with Crippen LogP contribution in [-0.2, 0) is 9.47 Å². The van der Waals surface area contributed by atoms with Crippen LogP contribution in [0.15, 0.2) is 0 Å². The maximum absolute atomic E-state index is 6.31. The first-order valence-electron chi connectivity index (χ1n) is 9.34. The molecule has 1 aliphatic carbocycles. The summed E-state index contributed by atoms with van der Waals surface area (Å²) in [5.41, 5.74) is 0.415. The molecule has 130 valence electrons. The van der Waals surface area contributed by atoms with Crippen LogP contribution in [-0.4, -0.2) is 31.6 Å². The predicted molar refractivity (Wildman–Crippen MR) is 92.1 cm³/mol. The largest absolute Gasteiger partial charge is 1.00 e. The van der Waals surface area contributed by atoms with Gasteiger partial charge >= 0.3 is 51.4 Å². The van der Waals surface area contributed by atoms with E-state index < -0.39 is 0 Å². The van der Waals surface area contributed by atoms with Crippen molar-refractivity contribution in [2.24, 2.45) is 17.3 Å². The Morgan fingerprint density at radius 1 is 1.17 bits per heavy atom. The van der Waals surface area contributed by atoms with E-state index in [0.717, 1.165) is 57.2 Å². The minimum atomic E-state index is -0.265. The third kappa shape index (κ3) is 6.02. The maximum Gasteiger partial charge on any atom is 1.00 e. The van der Waals surface area contributed by atoms with Crippen LogP contribution in [0.25, 0.3) is 5.32 Å². The number of ether oxygens (including phenoxy) is 2. The average molecular weight is 350 g/mol. The molecule has 0 amide bonds. The first-order chi connectivity index (χ1) is 10.4. The fraction of sp³-hybridized carbons (Fsp3) is 1.00. The Balaban J connectivity index is 0.00000264. The van der Waals surface area contributed by atoms with Crippen LogP contribution in [0.2, 0.25) is 0 Å². The van der Waals surface area contributed by atoms with Crippen molar-refractivity contribution in [3.8, 4) is 0 Å². The molecule has 3 nitrogen and oxygen atoms in total. The van der Waals surface area contributed by atoms with Crippen molar-refractivity contribution >= 4 is 0 Å². The first kappa shape index (κ1) is 22.6. The number of nitrogens with zero attached hydrogens (tertiary/aromatic N) is 1. The quantitative estimate of drug-likeness (QED) is 0.521. The van der Waals surface area contributed by atoms with Crippen molar-refractivity contribution in [2.75, 3.05) is 19.7 Å². The van der Waals surface area contributed by atoms with Gasteiger partial charge in [-0.05, 0) is 36.5 Å². The molecule has 1 aliphatic heterocycles. The van der Waals surface area contributed by atoms with E-state index in [1.807, 2.05) is 0 Å². The van der Waals surface area contributed by atoms with Gasteiger partial charge in [0.1, 0.15) is 0 Å². The number of hydrogen-bond acceptors (Lipinski definition) is 2. The molecule has 2 aliphatic rings. The Hall–Kier alpha value is 1.52. The summed E-state index contributed by atoms with van der Waals surface area (Å²) in [6.07, 6.45) is 7.01. The van der Waals surface area contributed by atoms with Crippen LogP contribution in [0, 0.1) is 17.3 Å². The van der Waals surface area contributed by atoms with Crippen LogP contribution in [0.5, 0.6) is 0 Å². The fourth-order valence-corrected chi connectivity index (χ4v) is 3.80. The molecule has 0 bridgehead atoms. The van der Waals surface area contributed by atoms with Gasteiger partial charge in [0.15, 0.2) is 5.79 Å². The molecule has 2 fully saturated rings. The second kappa shape index (κ2) is 10.0. The molecule has 0 aromatic heterocycles. The Morgan fingerprint density at radius 3 is 2.39 bits per heavy atom. The Morgan fingerprint density at radius 2 is 1.83 bits per heavy atom. The zero-order valence-electron chi connectivity index (χ0n) is 16.4. The summed E-state index contributed by atoms with van der Waals surface area (Å²) in [5, 5.41) is 4.52. The van der Waals surface area contributed by atoms with Crippen LogP contribution < -0.4 is 51.4 Å². The second-order valence-electron chi connectivity index (χ2n) is 8.17. The third-order valence-electron chi connectivity index (χ3n) is 6.19. The Bertz CT molecular complexity index is 338. The van der Waals surface area contributed by atoms with Gasteiger partial charge in [0.2, 0.25) is 0 Å². The molecule has 1 saturated heterocycles. The summed E-state index contributed by atoms with van der Waals surface area (Å²) in [6.45, 7) is 14.4. The Kier molecular flexibility index (Phi) is 9.81. The van der Waals surface area contributed by atoms with E-state index in [9.17, 15) is 0 Å². The monoisotopic (exact) mass is 349 g/mol. The molecule has 0 aromatic carbocycles. The van der Waals surface area contributed by atoms with Crippen LogP contribution in [0.1, 0.15) is 73.1 Å². The molecular weight excluding hydrogens is 313 g/mol. The SMILES string of the molecule is CCC[N-]CCC1COC2(CCC(C(C)(C)C(C)C)CC2)O1.[K+]. The van der Waals surface area contributed by atoms with Crippen molar-refractivity contribution in [1.82, 2.24) is 0 Å². The van der Waals surface area contributed by atoms with Gasteiger partial charge in [-0.1, -0.05) is 41.0 Å². The van der Waals surface area contributed by atoms with Crippen molar-refractivity contribution < 1.29 is 60.9 Å². The van der Waals surface area contributed by atoms with Crippen molar-refractivity contribution in [1.29, 1.82) is 0 Å². The van der Waals surface area contributed by atoms with Gasteiger partial charge in [-0.3, -0.25) is 0 Å². The van der Waals surface area contributed by atoms with Gasteiger partial charge in [-0.25, -0.2) is 0 Å². The molecule has 1 spiro atoms. The van der Waals surface area contributed by atoms with Gasteiger partial charge in [-0.15, -0.1) is 13.1 Å². The minimum Gasteiger partial charge on any atom is -0.662 e. The van der Waals surface area contributed by atoms with E-state index in [1.165, 1.54) is 12.8 Å². The van der Waals surface area contributed by atoms with E-state index >= 15 is 0 Å². The molecule has 1 saturated carbocycles. The fourth-order valence-electron chi connectivity index (χ4n) is 3.80. The molecule has 0 aromatic rings. The van der Waals surface area contributed by atoms with Crippen LogP contribution in [0.3, 0.4) is 0 Å². The molecule has 23 heavy (non-hydrogen) atoms. The normalized spacial score (nSPS) is 31.6. The maximum atomic E-state index is 6.31. The second-order valence-corrected chi connectivity index (χ2v) is 8.17. The van der Waals surface area contributed by atoms with Gasteiger partial charge in [-0.2, -0.15) is 0 Å². The van der Waals surface area contributed by atoms with E-state index in [4.69, 9.17) is 9.47 Å². The van der Waals surface area contributed by atoms with Crippen molar-refractivity contribution in [2.45, 2.75) is 85.0 Å². The molecule has 4 heteroatoms. The van der Waals surface area contributed by atoms with E-state index in [2.05, 4.69) is 39.9 Å². The summed E-state index contributed by atoms with van der Waals surface area (Å²) in [6, 6.07) is 0. The summed E-state index contributed by atoms with van der Waals surface area (Å²) < 4.78 is 12.4. The van der Waals surface area contributed by atoms with Crippen molar-refractivity contribution in [3.05, 3.63) is 5.32 Å². The molecule has 0 N–H and O–H groups in total. The van der Waals surface area contributed by atoms with Crippen molar-refractivity contribution in [3.63, 3.8) is 0 Å². The van der Waals surface area contributed by atoms with Gasteiger partial charge in [0.05, 0.1) is 12.7 Å². The van der Waals surface area contributed by atoms with Crippen LogP contribution >= 0.6 is 0 Å². The van der Waals surface area contributed by atoms with Gasteiger partial charge in [0.25, 0.3) is 0 Å². The van der Waals surface area contributed by atoms with E-state index in [0.29, 0.717) is 5.41 Å². The van der Waals surface area contributed by atoms with Gasteiger partial charge in [0, 0.05) is 12.8 Å². The summed E-state index contributed by atoms with van der Waals surface area (Å²) in [5.74, 6) is 1.26. The van der Waals surface area contributed by atoms with Crippen LogP contribution in [0.4, 0.5) is 0 Å². The van der Waals surface area contributed by atoms with E-state index in [-0.39, 0.29) is 63.3 Å². The average Bonchev–Trinajstić information content (AvgIpc) is 2.87. The third-order valence-corrected chi connectivity index (χ3v) is 6.19. The topological polar surface area (TPSA) is 32.6 Å². The number of hydrogen-bond donors (Lipinski definition) is 0. The minimum absolute atomic E-state index is 0. The Labute approximate surface area is 186 Å². The summed E-state index contributed by atoms with van der Waals surface area (Å²) in [4.78, 5) is 0. The first-order valence-corrected chi connectivity index (χ1v) is 9.34. The zero-order valence-corrected chi connectivity index (χ0v) is 19.5. The standard InChI is InChI=1S/C19H36NO2.K/c1-6-12-20-13-9-17-14-21-19(22-17)10-7-16(8-11-19)18(4,5)15(2)3;/h15-17H,6-14H2,1-5H3;/q-1;+1. The molecule has 0 radical (unpaired) electrons.